The van der Waals surface area contributed by atoms with Gasteiger partial charge in [-0.1, -0.05) is 0 Å². The molecule has 0 bridgehead atoms. The fraction of sp³-hybridized carbons (Fsp3) is 0.455. The molecule has 0 aliphatic rings. The summed E-state index contributed by atoms with van der Waals surface area (Å²) in [5.41, 5.74) is 24.6. The van der Waals surface area contributed by atoms with E-state index in [-0.39, 0.29) is 0 Å². The maximum absolute atomic E-state index is 2.78. The maximum atomic E-state index is 2.78. The van der Waals surface area contributed by atoms with Crippen LogP contribution in [0, 0.1) is 0 Å². The predicted octanol–water partition coefficient (Wildman–Crippen LogP) is 17.7. The van der Waals surface area contributed by atoms with E-state index in [0.717, 1.165) is 0 Å². The van der Waals surface area contributed by atoms with Crippen LogP contribution in [-0.4, -0.2) is 48.7 Å². The van der Waals surface area contributed by atoms with Crippen molar-refractivity contribution in [2.75, 3.05) is 0 Å². The molecular formula is C66H90Si2Sn2. The third-order valence-corrected chi connectivity index (χ3v) is 35.8. The Morgan fingerprint density at radius 1 is 0.271 bits per heavy atom. The van der Waals surface area contributed by atoms with Gasteiger partial charge in [0.15, 0.2) is 0 Å². The summed E-state index contributed by atoms with van der Waals surface area (Å²) in [6.45, 7) is 54.4. The van der Waals surface area contributed by atoms with Crippen LogP contribution in [0.1, 0.15) is 203 Å². The van der Waals surface area contributed by atoms with Crippen LogP contribution in [0.25, 0.3) is 44.5 Å². The molecule has 70 heavy (non-hydrogen) atoms. The van der Waals surface area contributed by atoms with Crippen molar-refractivity contribution in [3.8, 4) is 44.5 Å². The molecule has 0 radical (unpaired) electrons. The zero-order chi connectivity index (χ0) is 51.9. The van der Waals surface area contributed by atoms with Crippen LogP contribution in [-0.2, 0) is 0 Å². The molecule has 6 aromatic rings. The Kier molecular flexibility index (Phi) is 18.5. The zero-order valence-electron chi connectivity index (χ0n) is 47.9. The first-order valence-electron chi connectivity index (χ1n) is 27.1. The van der Waals surface area contributed by atoms with E-state index in [4.69, 9.17) is 0 Å². The molecule has 0 fully saturated rings. The molecule has 6 aromatic carbocycles. The fourth-order valence-corrected chi connectivity index (χ4v) is 32.7. The van der Waals surface area contributed by atoms with Crippen molar-refractivity contribution in [1.29, 1.82) is 0 Å². The molecule has 0 N–H and O–H groups in total. The third-order valence-electron chi connectivity index (χ3n) is 14.9. The van der Waals surface area contributed by atoms with Crippen LogP contribution in [0.2, 0.25) is 39.3 Å². The molecule has 0 nitrogen and oxygen atoms in total. The molecule has 0 heterocycles. The standard InChI is InChI=1S/2C33H45Si.2Sn/c2*1-21(2)28-14-12-15-29(22(3)4)32(28)25-18-26(20-27(19-25)34(9,10)11)33-30(23(5)6)16-13-17-31(33)24(7)8;;/h2*12-17,19-24H,1-11H3;;. The van der Waals surface area contributed by atoms with Gasteiger partial charge in [-0.25, -0.2) is 0 Å². The van der Waals surface area contributed by atoms with E-state index in [9.17, 15) is 0 Å². The topological polar surface area (TPSA) is 0 Å². The average molecular weight is 1180 g/mol. The molecule has 0 amide bonds. The molecule has 0 saturated heterocycles. The van der Waals surface area contributed by atoms with Crippen molar-refractivity contribution in [1.82, 2.24) is 0 Å². The van der Waals surface area contributed by atoms with Gasteiger partial charge in [-0.05, 0) is 0 Å². The van der Waals surface area contributed by atoms with E-state index in [1.165, 1.54) is 44.5 Å². The summed E-state index contributed by atoms with van der Waals surface area (Å²) in [7, 11) is -3.62. The van der Waals surface area contributed by atoms with Crippen LogP contribution in [0.3, 0.4) is 0 Å². The van der Waals surface area contributed by atoms with E-state index in [0.29, 0.717) is 47.3 Å². The second kappa shape index (κ2) is 22.9. The average Bonchev–Trinajstić information content (AvgIpc) is 3.28. The van der Waals surface area contributed by atoms with Crippen molar-refractivity contribution < 1.29 is 0 Å². The molecule has 0 spiro atoms. The van der Waals surface area contributed by atoms with Crippen molar-refractivity contribution in [2.45, 2.75) is 197 Å². The van der Waals surface area contributed by atoms with Gasteiger partial charge in [0.05, 0.1) is 0 Å². The first kappa shape index (κ1) is 56.6. The molecule has 0 aliphatic heterocycles. The normalized spacial score (nSPS) is 12.5. The van der Waals surface area contributed by atoms with E-state index in [1.807, 2.05) is 0 Å². The molecule has 6 rings (SSSR count). The summed E-state index contributed by atoms with van der Waals surface area (Å²) < 4.78 is 3.52. The van der Waals surface area contributed by atoms with Crippen LogP contribution < -0.4 is 17.5 Å². The molecule has 0 atom stereocenters. The summed E-state index contributed by atoms with van der Waals surface area (Å²) in [6.07, 6.45) is 0. The minimum atomic E-state index is -1.81. The van der Waals surface area contributed by atoms with E-state index in [1.54, 1.807) is 62.0 Å². The molecule has 4 heteroatoms. The molecule has 0 aliphatic carbocycles. The fourth-order valence-electron chi connectivity index (χ4n) is 10.8. The van der Waals surface area contributed by atoms with Gasteiger partial charge >= 0.3 is 450 Å². The van der Waals surface area contributed by atoms with E-state index < -0.39 is 48.7 Å². The molecule has 0 unspecified atom stereocenters. The summed E-state index contributed by atoms with van der Waals surface area (Å²) in [6, 6.07) is 40.3. The second-order valence-corrected chi connectivity index (χ2v) is 49.1. The Hall–Kier alpha value is -2.65. The van der Waals surface area contributed by atoms with Gasteiger partial charge < -0.3 is 0 Å². The van der Waals surface area contributed by atoms with Crippen molar-refractivity contribution in [3.05, 3.63) is 142 Å². The Bertz CT molecular complexity index is 2440. The Labute approximate surface area is 445 Å². The van der Waals surface area contributed by atoms with Gasteiger partial charge in [0.2, 0.25) is 0 Å². The summed E-state index contributed by atoms with van der Waals surface area (Å²) in [5, 5.41) is 3.18. The Morgan fingerprint density at radius 2 is 0.429 bits per heavy atom. The monoisotopic (exact) mass is 1180 g/mol. The van der Waals surface area contributed by atoms with Crippen molar-refractivity contribution in [3.63, 3.8) is 0 Å². The van der Waals surface area contributed by atoms with E-state index >= 15 is 0 Å². The SMILES string of the molecule is CC(C)c1cccc(C(C)C)c1-c1cc([Si](C)(C)C)cc(-c2c(C(C)C)cccc2C(C)C)[c]1[Sn]#[Sn][c]1c(-c2c(C(C)C)cccc2C(C)C)cc([Si](C)(C)C)cc1-c1c(C(C)C)cccc1C(C)C. The van der Waals surface area contributed by atoms with Crippen LogP contribution in [0.15, 0.2) is 97.1 Å². The second-order valence-electron chi connectivity index (χ2n) is 25.1. The van der Waals surface area contributed by atoms with Gasteiger partial charge in [-0.15, -0.1) is 0 Å². The minimum absolute atomic E-state index is 0.413. The molecule has 0 aromatic heterocycles. The van der Waals surface area contributed by atoms with E-state index in [2.05, 4.69) is 247 Å². The predicted molar refractivity (Wildman–Crippen MR) is 324 cm³/mol. The zero-order valence-corrected chi connectivity index (χ0v) is 55.6. The van der Waals surface area contributed by atoms with Crippen LogP contribution >= 0.6 is 0 Å². The summed E-state index contributed by atoms with van der Waals surface area (Å²) in [4.78, 5) is 0. The van der Waals surface area contributed by atoms with Crippen molar-refractivity contribution in [2.24, 2.45) is 0 Å². The third kappa shape index (κ3) is 12.0. The molecule has 370 valence electrons. The number of hydrogen-bond donors (Lipinski definition) is 0. The first-order chi connectivity index (χ1) is 32.7. The van der Waals surface area contributed by atoms with Gasteiger partial charge in [-0.2, -0.15) is 0 Å². The molecule has 0 saturated carbocycles. The van der Waals surface area contributed by atoms with Gasteiger partial charge in [0.25, 0.3) is 0 Å². The quantitative estimate of drug-likeness (QED) is 0.0954. The van der Waals surface area contributed by atoms with Crippen LogP contribution in [0.5, 0.6) is 0 Å². The van der Waals surface area contributed by atoms with Crippen LogP contribution in [0.4, 0.5) is 0 Å². The summed E-state index contributed by atoms with van der Waals surface area (Å²) >= 11 is -2.71. The summed E-state index contributed by atoms with van der Waals surface area (Å²) in [5.74, 6) is 3.31. The number of hydrogen-bond acceptors (Lipinski definition) is 0. The van der Waals surface area contributed by atoms with Gasteiger partial charge in [-0.3, -0.25) is 0 Å². The number of rotatable bonds is 14. The Balaban J connectivity index is 2.03. The van der Waals surface area contributed by atoms with Gasteiger partial charge in [0, 0.05) is 0 Å². The number of benzene rings is 6. The first-order valence-corrected chi connectivity index (χ1v) is 47.9. The van der Waals surface area contributed by atoms with Gasteiger partial charge in [0.1, 0.15) is 0 Å². The Morgan fingerprint density at radius 3 is 0.557 bits per heavy atom. The van der Waals surface area contributed by atoms with Crippen molar-refractivity contribution >= 4 is 66.2 Å². The molecular weight excluding hydrogens is 1090 g/mol.